The van der Waals surface area contributed by atoms with Crippen LogP contribution < -0.4 is 0 Å². The van der Waals surface area contributed by atoms with Crippen molar-refractivity contribution in [3.05, 3.63) is 12.4 Å². The molecule has 0 aromatic carbocycles. The standard InChI is InChI=1S/C12H20N4O/c1-2-3-4-12(17)15-8-5-11(6-9-15)16-10-7-13-14-16/h7,10-11H,2-6,8-9H2,1H3. The van der Waals surface area contributed by atoms with Crippen LogP contribution in [0.5, 0.6) is 0 Å². The summed E-state index contributed by atoms with van der Waals surface area (Å²) in [7, 11) is 0. The number of likely N-dealkylation sites (tertiary alicyclic amines) is 1. The molecular formula is C12H20N4O. The Morgan fingerprint density at radius 1 is 1.41 bits per heavy atom. The van der Waals surface area contributed by atoms with Crippen molar-refractivity contribution in [2.45, 2.75) is 45.1 Å². The first-order valence-corrected chi connectivity index (χ1v) is 6.45. The van der Waals surface area contributed by atoms with E-state index in [1.54, 1.807) is 6.20 Å². The summed E-state index contributed by atoms with van der Waals surface area (Å²) >= 11 is 0. The number of carbonyl (C=O) groups excluding carboxylic acids is 1. The molecule has 1 aliphatic rings. The number of nitrogens with zero attached hydrogens (tertiary/aromatic N) is 4. The summed E-state index contributed by atoms with van der Waals surface area (Å²) in [5, 5.41) is 7.85. The number of aromatic nitrogens is 3. The minimum Gasteiger partial charge on any atom is -0.343 e. The van der Waals surface area contributed by atoms with Crippen LogP contribution in [0.25, 0.3) is 0 Å². The fraction of sp³-hybridized carbons (Fsp3) is 0.750. The van der Waals surface area contributed by atoms with Gasteiger partial charge in [-0.25, -0.2) is 4.68 Å². The van der Waals surface area contributed by atoms with Gasteiger partial charge in [0, 0.05) is 25.7 Å². The molecule has 0 spiro atoms. The van der Waals surface area contributed by atoms with Crippen LogP contribution in [0.4, 0.5) is 0 Å². The number of hydrogen-bond donors (Lipinski definition) is 0. The molecular weight excluding hydrogens is 216 g/mol. The van der Waals surface area contributed by atoms with Gasteiger partial charge in [-0.1, -0.05) is 18.6 Å². The van der Waals surface area contributed by atoms with Crippen LogP contribution in [-0.4, -0.2) is 38.9 Å². The molecule has 5 heteroatoms. The van der Waals surface area contributed by atoms with E-state index in [-0.39, 0.29) is 0 Å². The largest absolute Gasteiger partial charge is 0.343 e. The van der Waals surface area contributed by atoms with Crippen molar-refractivity contribution < 1.29 is 4.79 Å². The van der Waals surface area contributed by atoms with Gasteiger partial charge in [-0.05, 0) is 19.3 Å². The molecule has 94 valence electrons. The number of hydrogen-bond acceptors (Lipinski definition) is 3. The summed E-state index contributed by atoms with van der Waals surface area (Å²) < 4.78 is 1.91. The van der Waals surface area contributed by atoms with Crippen molar-refractivity contribution in [3.63, 3.8) is 0 Å². The molecule has 0 radical (unpaired) electrons. The van der Waals surface area contributed by atoms with Crippen molar-refractivity contribution >= 4 is 5.91 Å². The van der Waals surface area contributed by atoms with Crippen molar-refractivity contribution in [1.29, 1.82) is 0 Å². The third-order valence-electron chi connectivity index (χ3n) is 3.38. The Bertz CT molecular complexity index is 341. The van der Waals surface area contributed by atoms with Crippen LogP contribution in [0, 0.1) is 0 Å². The molecule has 0 bridgehead atoms. The van der Waals surface area contributed by atoms with E-state index in [1.165, 1.54) is 0 Å². The van der Waals surface area contributed by atoms with Crippen LogP contribution in [0.15, 0.2) is 12.4 Å². The third-order valence-corrected chi connectivity index (χ3v) is 3.38. The van der Waals surface area contributed by atoms with Gasteiger partial charge < -0.3 is 4.90 Å². The topological polar surface area (TPSA) is 51.0 Å². The van der Waals surface area contributed by atoms with Gasteiger partial charge in [0.1, 0.15) is 0 Å². The summed E-state index contributed by atoms with van der Waals surface area (Å²) in [4.78, 5) is 13.8. The quantitative estimate of drug-likeness (QED) is 0.798. The lowest BCUT2D eigenvalue weighted by Crippen LogP contribution is -2.39. The van der Waals surface area contributed by atoms with Gasteiger partial charge in [-0.3, -0.25) is 4.79 Å². The number of amides is 1. The van der Waals surface area contributed by atoms with Gasteiger partial charge in [-0.15, -0.1) is 5.10 Å². The second-order valence-corrected chi connectivity index (χ2v) is 4.60. The number of unbranched alkanes of at least 4 members (excludes halogenated alkanes) is 1. The van der Waals surface area contributed by atoms with E-state index in [9.17, 15) is 4.79 Å². The Hall–Kier alpha value is -1.39. The zero-order valence-corrected chi connectivity index (χ0v) is 10.4. The predicted molar refractivity (Wildman–Crippen MR) is 64.4 cm³/mol. The minimum atomic E-state index is 0.309. The lowest BCUT2D eigenvalue weighted by atomic mass is 10.0. The van der Waals surface area contributed by atoms with Crippen molar-refractivity contribution in [2.24, 2.45) is 0 Å². The van der Waals surface area contributed by atoms with Crippen molar-refractivity contribution in [3.8, 4) is 0 Å². The van der Waals surface area contributed by atoms with Crippen LogP contribution in [-0.2, 0) is 4.79 Å². The molecule has 0 N–H and O–H groups in total. The van der Waals surface area contributed by atoms with E-state index >= 15 is 0 Å². The Labute approximate surface area is 102 Å². The molecule has 0 atom stereocenters. The average Bonchev–Trinajstić information content (AvgIpc) is 2.90. The van der Waals surface area contributed by atoms with Crippen molar-refractivity contribution in [2.75, 3.05) is 13.1 Å². The first-order valence-electron chi connectivity index (χ1n) is 6.45. The van der Waals surface area contributed by atoms with E-state index in [0.29, 0.717) is 18.4 Å². The summed E-state index contributed by atoms with van der Waals surface area (Å²) in [6, 6.07) is 0.410. The fourth-order valence-electron chi connectivity index (χ4n) is 2.28. The summed E-state index contributed by atoms with van der Waals surface area (Å²) in [6.45, 7) is 3.82. The molecule has 1 aromatic heterocycles. The van der Waals surface area contributed by atoms with Gasteiger partial charge in [0.2, 0.25) is 5.91 Å². The van der Waals surface area contributed by atoms with Crippen LogP contribution in [0.1, 0.15) is 45.1 Å². The molecule has 1 amide bonds. The Balaban J connectivity index is 1.80. The number of piperidine rings is 1. The predicted octanol–water partition coefficient (Wildman–Crippen LogP) is 1.63. The first kappa shape index (κ1) is 12.1. The van der Waals surface area contributed by atoms with E-state index in [1.807, 2.05) is 15.8 Å². The Morgan fingerprint density at radius 3 is 2.76 bits per heavy atom. The maximum atomic E-state index is 11.8. The number of rotatable bonds is 4. The molecule has 17 heavy (non-hydrogen) atoms. The molecule has 0 saturated carbocycles. The average molecular weight is 236 g/mol. The van der Waals surface area contributed by atoms with Crippen LogP contribution >= 0.6 is 0 Å². The zero-order chi connectivity index (χ0) is 12.1. The third kappa shape index (κ3) is 3.05. The highest BCUT2D eigenvalue weighted by atomic mass is 16.2. The molecule has 1 aliphatic heterocycles. The van der Waals surface area contributed by atoms with E-state index in [2.05, 4.69) is 17.2 Å². The van der Waals surface area contributed by atoms with Gasteiger partial charge in [0.25, 0.3) is 0 Å². The van der Waals surface area contributed by atoms with Gasteiger partial charge >= 0.3 is 0 Å². The maximum Gasteiger partial charge on any atom is 0.222 e. The first-order chi connectivity index (χ1) is 8.31. The SMILES string of the molecule is CCCCC(=O)N1CCC(n2ccnn2)CC1. The van der Waals surface area contributed by atoms with Gasteiger partial charge in [0.05, 0.1) is 12.2 Å². The summed E-state index contributed by atoms with van der Waals surface area (Å²) in [5.74, 6) is 0.309. The molecule has 2 rings (SSSR count). The zero-order valence-electron chi connectivity index (χ0n) is 10.4. The highest BCUT2D eigenvalue weighted by molar-refractivity contribution is 5.76. The van der Waals surface area contributed by atoms with E-state index in [0.717, 1.165) is 38.8 Å². The minimum absolute atomic E-state index is 0.309. The van der Waals surface area contributed by atoms with E-state index < -0.39 is 0 Å². The van der Waals surface area contributed by atoms with E-state index in [4.69, 9.17) is 0 Å². The fourth-order valence-corrected chi connectivity index (χ4v) is 2.28. The lowest BCUT2D eigenvalue weighted by molar-refractivity contribution is -0.132. The summed E-state index contributed by atoms with van der Waals surface area (Å²) in [5.41, 5.74) is 0. The monoisotopic (exact) mass is 236 g/mol. The molecule has 0 aliphatic carbocycles. The molecule has 0 unspecified atom stereocenters. The number of carbonyl (C=O) groups is 1. The smallest absolute Gasteiger partial charge is 0.222 e. The van der Waals surface area contributed by atoms with Crippen LogP contribution in [0.2, 0.25) is 0 Å². The molecule has 1 fully saturated rings. The van der Waals surface area contributed by atoms with Crippen LogP contribution in [0.3, 0.4) is 0 Å². The maximum absolute atomic E-state index is 11.8. The molecule has 2 heterocycles. The lowest BCUT2D eigenvalue weighted by Gasteiger charge is -2.31. The highest BCUT2D eigenvalue weighted by Gasteiger charge is 2.23. The molecule has 1 saturated heterocycles. The highest BCUT2D eigenvalue weighted by Crippen LogP contribution is 2.21. The molecule has 1 aromatic rings. The van der Waals surface area contributed by atoms with Crippen molar-refractivity contribution in [1.82, 2.24) is 19.9 Å². The summed E-state index contributed by atoms with van der Waals surface area (Å²) in [6.07, 6.45) is 8.37. The Morgan fingerprint density at radius 2 is 2.18 bits per heavy atom. The second kappa shape index (κ2) is 5.80. The Kier molecular flexibility index (Phi) is 4.12. The van der Waals surface area contributed by atoms with Gasteiger partial charge in [0.15, 0.2) is 0 Å². The normalized spacial score (nSPS) is 17.4. The van der Waals surface area contributed by atoms with Gasteiger partial charge in [-0.2, -0.15) is 0 Å². The molecule has 5 nitrogen and oxygen atoms in total. The second-order valence-electron chi connectivity index (χ2n) is 4.60.